The normalized spacial score (nSPS) is 11.0. The van der Waals surface area contributed by atoms with Gasteiger partial charge < -0.3 is 14.9 Å². The highest BCUT2D eigenvalue weighted by Crippen LogP contribution is 2.29. The summed E-state index contributed by atoms with van der Waals surface area (Å²) in [6.45, 7) is 3.16. The highest BCUT2D eigenvalue weighted by molar-refractivity contribution is 5.86. The number of rotatable bonds is 6. The Bertz CT molecular complexity index is 1060. The van der Waals surface area contributed by atoms with Gasteiger partial charge in [0.15, 0.2) is 0 Å². The van der Waals surface area contributed by atoms with Crippen LogP contribution in [-0.4, -0.2) is 0 Å². The van der Waals surface area contributed by atoms with Crippen molar-refractivity contribution in [3.05, 3.63) is 89.7 Å². The largest absolute Gasteiger partial charge is 0.488 e. The standard InChI is InChI=1S/C24H23NO2/c1-2-18-7-3-4-9-23(18)26-15-21-16-27-24-11-10-20(13-22(21)24)19-8-5-6-17(12-19)14-25/h3-13,16H,2,14-15,25H2,1H3. The molecule has 136 valence electrons. The van der Waals surface area contributed by atoms with E-state index in [2.05, 4.69) is 37.3 Å². The van der Waals surface area contributed by atoms with E-state index in [0.29, 0.717) is 13.2 Å². The lowest BCUT2D eigenvalue weighted by Gasteiger charge is -2.09. The van der Waals surface area contributed by atoms with Crippen molar-refractivity contribution in [2.24, 2.45) is 5.73 Å². The summed E-state index contributed by atoms with van der Waals surface area (Å²) in [7, 11) is 0. The van der Waals surface area contributed by atoms with Gasteiger partial charge in [-0.05, 0) is 52.9 Å². The van der Waals surface area contributed by atoms with Gasteiger partial charge >= 0.3 is 0 Å². The van der Waals surface area contributed by atoms with Gasteiger partial charge in [-0.1, -0.05) is 49.4 Å². The van der Waals surface area contributed by atoms with Crippen LogP contribution in [0.15, 0.2) is 77.4 Å². The second kappa shape index (κ2) is 7.68. The fraction of sp³-hybridized carbons (Fsp3) is 0.167. The van der Waals surface area contributed by atoms with Gasteiger partial charge in [0.05, 0.1) is 6.26 Å². The smallest absolute Gasteiger partial charge is 0.134 e. The molecule has 0 aliphatic carbocycles. The number of benzene rings is 3. The number of ether oxygens (including phenoxy) is 1. The second-order valence-electron chi connectivity index (χ2n) is 6.63. The SMILES string of the molecule is CCc1ccccc1OCc1coc2ccc(-c3cccc(CN)c3)cc12. The van der Waals surface area contributed by atoms with E-state index in [9.17, 15) is 0 Å². The summed E-state index contributed by atoms with van der Waals surface area (Å²) < 4.78 is 11.8. The Kier molecular flexibility index (Phi) is 4.95. The Hall–Kier alpha value is -3.04. The Morgan fingerprint density at radius 3 is 2.59 bits per heavy atom. The third-order valence-corrected chi connectivity index (χ3v) is 4.89. The Morgan fingerprint density at radius 2 is 1.74 bits per heavy atom. The van der Waals surface area contributed by atoms with Crippen LogP contribution in [0.3, 0.4) is 0 Å². The van der Waals surface area contributed by atoms with E-state index >= 15 is 0 Å². The summed E-state index contributed by atoms with van der Waals surface area (Å²) in [5.41, 5.74) is 12.3. The molecule has 0 saturated heterocycles. The Labute approximate surface area is 159 Å². The summed E-state index contributed by atoms with van der Waals surface area (Å²) in [5, 5.41) is 1.08. The highest BCUT2D eigenvalue weighted by atomic mass is 16.5. The van der Waals surface area contributed by atoms with Crippen molar-refractivity contribution in [1.29, 1.82) is 0 Å². The van der Waals surface area contributed by atoms with E-state index in [0.717, 1.165) is 45.4 Å². The first-order valence-corrected chi connectivity index (χ1v) is 9.28. The highest BCUT2D eigenvalue weighted by Gasteiger charge is 2.10. The predicted molar refractivity (Wildman–Crippen MR) is 110 cm³/mol. The Balaban J connectivity index is 1.64. The van der Waals surface area contributed by atoms with Crippen LogP contribution in [0.5, 0.6) is 5.75 Å². The maximum Gasteiger partial charge on any atom is 0.134 e. The molecule has 0 spiro atoms. The van der Waals surface area contributed by atoms with Crippen LogP contribution in [-0.2, 0) is 19.6 Å². The average Bonchev–Trinajstić information content (AvgIpc) is 3.14. The van der Waals surface area contributed by atoms with Gasteiger partial charge in [0.25, 0.3) is 0 Å². The zero-order valence-corrected chi connectivity index (χ0v) is 15.4. The lowest BCUT2D eigenvalue weighted by Crippen LogP contribution is -1.97. The maximum absolute atomic E-state index is 6.09. The third-order valence-electron chi connectivity index (χ3n) is 4.89. The molecule has 4 rings (SSSR count). The van der Waals surface area contributed by atoms with Crippen molar-refractivity contribution in [1.82, 2.24) is 0 Å². The van der Waals surface area contributed by atoms with Gasteiger partial charge in [-0.3, -0.25) is 0 Å². The molecule has 0 amide bonds. The van der Waals surface area contributed by atoms with Crippen molar-refractivity contribution in [3.8, 4) is 16.9 Å². The van der Waals surface area contributed by atoms with Crippen LogP contribution in [0.4, 0.5) is 0 Å². The number of aryl methyl sites for hydroxylation is 1. The number of furan rings is 1. The minimum atomic E-state index is 0.482. The fourth-order valence-corrected chi connectivity index (χ4v) is 3.34. The van der Waals surface area contributed by atoms with Gasteiger partial charge in [0, 0.05) is 17.5 Å². The number of hydrogen-bond donors (Lipinski definition) is 1. The van der Waals surface area contributed by atoms with Crippen LogP contribution in [0.1, 0.15) is 23.6 Å². The minimum Gasteiger partial charge on any atom is -0.488 e. The van der Waals surface area contributed by atoms with Gasteiger partial charge in [-0.15, -0.1) is 0 Å². The van der Waals surface area contributed by atoms with E-state index in [-0.39, 0.29) is 0 Å². The van der Waals surface area contributed by atoms with Crippen molar-refractivity contribution < 1.29 is 9.15 Å². The summed E-state index contributed by atoms with van der Waals surface area (Å²) in [4.78, 5) is 0. The van der Waals surface area contributed by atoms with Crippen LogP contribution in [0, 0.1) is 0 Å². The molecule has 27 heavy (non-hydrogen) atoms. The second-order valence-corrected chi connectivity index (χ2v) is 6.63. The molecule has 0 atom stereocenters. The quantitative estimate of drug-likeness (QED) is 0.481. The topological polar surface area (TPSA) is 48.4 Å². The maximum atomic E-state index is 6.09. The third kappa shape index (κ3) is 3.60. The molecule has 1 aromatic heterocycles. The number of para-hydroxylation sites is 1. The summed E-state index contributed by atoms with van der Waals surface area (Å²) in [6.07, 6.45) is 2.74. The average molecular weight is 357 g/mol. The zero-order chi connectivity index (χ0) is 18.6. The van der Waals surface area contributed by atoms with Gasteiger partial charge in [-0.25, -0.2) is 0 Å². The molecule has 1 heterocycles. The van der Waals surface area contributed by atoms with Crippen molar-refractivity contribution >= 4 is 11.0 Å². The molecular weight excluding hydrogens is 334 g/mol. The molecule has 0 radical (unpaired) electrons. The molecule has 2 N–H and O–H groups in total. The molecule has 0 saturated carbocycles. The first-order valence-electron chi connectivity index (χ1n) is 9.28. The molecule has 0 aliphatic heterocycles. The Morgan fingerprint density at radius 1 is 0.889 bits per heavy atom. The molecule has 4 aromatic rings. The van der Waals surface area contributed by atoms with E-state index in [4.69, 9.17) is 14.9 Å². The van der Waals surface area contributed by atoms with Crippen LogP contribution < -0.4 is 10.5 Å². The lowest BCUT2D eigenvalue weighted by molar-refractivity contribution is 0.303. The van der Waals surface area contributed by atoms with Crippen molar-refractivity contribution in [2.45, 2.75) is 26.5 Å². The molecule has 3 aromatic carbocycles. The number of fused-ring (bicyclic) bond motifs is 1. The van der Waals surface area contributed by atoms with Gasteiger partial charge in [0.1, 0.15) is 17.9 Å². The number of nitrogens with two attached hydrogens (primary N) is 1. The molecule has 0 aliphatic rings. The van der Waals surface area contributed by atoms with E-state index in [1.165, 1.54) is 5.56 Å². The predicted octanol–water partition coefficient (Wildman–Crippen LogP) is 5.70. The summed E-state index contributed by atoms with van der Waals surface area (Å²) >= 11 is 0. The van der Waals surface area contributed by atoms with Crippen LogP contribution in [0.2, 0.25) is 0 Å². The molecule has 0 fully saturated rings. The van der Waals surface area contributed by atoms with E-state index in [1.807, 2.05) is 36.4 Å². The molecule has 0 unspecified atom stereocenters. The first-order chi connectivity index (χ1) is 13.3. The van der Waals surface area contributed by atoms with E-state index < -0.39 is 0 Å². The molecule has 3 heteroatoms. The minimum absolute atomic E-state index is 0.482. The summed E-state index contributed by atoms with van der Waals surface area (Å²) in [6, 6.07) is 22.8. The van der Waals surface area contributed by atoms with Crippen LogP contribution >= 0.6 is 0 Å². The molecule has 0 bridgehead atoms. The molecule has 3 nitrogen and oxygen atoms in total. The monoisotopic (exact) mass is 357 g/mol. The van der Waals surface area contributed by atoms with Crippen LogP contribution in [0.25, 0.3) is 22.1 Å². The zero-order valence-electron chi connectivity index (χ0n) is 15.4. The van der Waals surface area contributed by atoms with Gasteiger partial charge in [-0.2, -0.15) is 0 Å². The van der Waals surface area contributed by atoms with E-state index in [1.54, 1.807) is 6.26 Å². The fourth-order valence-electron chi connectivity index (χ4n) is 3.34. The molecular formula is C24H23NO2. The lowest BCUT2D eigenvalue weighted by atomic mass is 10.0. The summed E-state index contributed by atoms with van der Waals surface area (Å²) in [5.74, 6) is 0.932. The van der Waals surface area contributed by atoms with Crippen molar-refractivity contribution in [2.75, 3.05) is 0 Å². The van der Waals surface area contributed by atoms with Crippen molar-refractivity contribution in [3.63, 3.8) is 0 Å². The first kappa shape index (κ1) is 17.4. The number of hydrogen-bond acceptors (Lipinski definition) is 3. The van der Waals surface area contributed by atoms with Gasteiger partial charge in [0.2, 0.25) is 0 Å².